The Morgan fingerprint density at radius 1 is 1.54 bits per heavy atom. The highest BCUT2D eigenvalue weighted by Gasteiger charge is 2.09. The number of hydrogen-bond acceptors (Lipinski definition) is 2. The van der Waals surface area contributed by atoms with Crippen LogP contribution in [0.5, 0.6) is 0 Å². The molecular formula is C9H7BrN2O. The van der Waals surface area contributed by atoms with E-state index in [2.05, 4.69) is 21.0 Å². The van der Waals surface area contributed by atoms with E-state index in [1.54, 1.807) is 10.7 Å². The molecule has 2 heterocycles. The number of aromatic nitrogens is 2. The third-order valence-corrected chi connectivity index (χ3v) is 2.36. The molecule has 0 spiro atoms. The second-order valence-electron chi connectivity index (χ2n) is 2.65. The highest BCUT2D eigenvalue weighted by Crippen LogP contribution is 2.11. The summed E-state index contributed by atoms with van der Waals surface area (Å²) in [6, 6.07) is 5.65. The smallest absolute Gasteiger partial charge is 0.177 e. The van der Waals surface area contributed by atoms with Gasteiger partial charge < -0.3 is 0 Å². The minimum Gasteiger partial charge on any atom is -0.293 e. The summed E-state index contributed by atoms with van der Waals surface area (Å²) in [6.07, 6.45) is 3.42. The molecule has 0 bridgehead atoms. The lowest BCUT2D eigenvalue weighted by Crippen LogP contribution is -1.98. The molecule has 66 valence electrons. The first kappa shape index (κ1) is 8.44. The standard InChI is InChI=1S/C9H7BrN2O/c10-5-9(13)7-6-11-12-4-2-1-3-8(7)12/h1-4,6H,5H2. The normalized spacial score (nSPS) is 10.5. The van der Waals surface area contributed by atoms with Crippen LogP contribution in [0.4, 0.5) is 0 Å². The van der Waals surface area contributed by atoms with Crippen LogP contribution in [-0.4, -0.2) is 20.7 Å². The van der Waals surface area contributed by atoms with Crippen molar-refractivity contribution in [3.05, 3.63) is 36.2 Å². The van der Waals surface area contributed by atoms with Gasteiger partial charge in [-0.05, 0) is 12.1 Å². The van der Waals surface area contributed by atoms with E-state index in [1.165, 1.54) is 0 Å². The summed E-state index contributed by atoms with van der Waals surface area (Å²) in [5, 5.41) is 4.40. The van der Waals surface area contributed by atoms with Crippen LogP contribution in [0, 0.1) is 0 Å². The number of ketones is 1. The zero-order valence-corrected chi connectivity index (χ0v) is 8.36. The number of alkyl halides is 1. The van der Waals surface area contributed by atoms with E-state index in [0.29, 0.717) is 10.9 Å². The fourth-order valence-corrected chi connectivity index (χ4v) is 1.52. The Morgan fingerprint density at radius 2 is 2.38 bits per heavy atom. The van der Waals surface area contributed by atoms with Gasteiger partial charge in [0, 0.05) is 6.20 Å². The molecule has 0 atom stereocenters. The molecule has 0 amide bonds. The Morgan fingerprint density at radius 3 is 3.15 bits per heavy atom. The Bertz CT molecular complexity index is 450. The predicted molar refractivity (Wildman–Crippen MR) is 53.3 cm³/mol. The van der Waals surface area contributed by atoms with Gasteiger partial charge in [-0.15, -0.1) is 0 Å². The molecule has 13 heavy (non-hydrogen) atoms. The fraction of sp³-hybridized carbons (Fsp3) is 0.111. The van der Waals surface area contributed by atoms with Crippen LogP contribution in [-0.2, 0) is 0 Å². The monoisotopic (exact) mass is 238 g/mol. The van der Waals surface area contributed by atoms with Gasteiger partial charge in [-0.25, -0.2) is 4.52 Å². The van der Waals surface area contributed by atoms with E-state index in [-0.39, 0.29) is 5.78 Å². The Labute approximate surface area is 83.5 Å². The summed E-state index contributed by atoms with van der Waals surface area (Å²) >= 11 is 3.14. The molecule has 0 aromatic carbocycles. The molecule has 0 saturated carbocycles. The Kier molecular flexibility index (Phi) is 2.14. The summed E-state index contributed by atoms with van der Waals surface area (Å²) in [7, 11) is 0. The van der Waals surface area contributed by atoms with Crippen LogP contribution in [0.15, 0.2) is 30.6 Å². The van der Waals surface area contributed by atoms with Gasteiger partial charge in [-0.3, -0.25) is 4.79 Å². The van der Waals surface area contributed by atoms with Crippen molar-refractivity contribution in [1.29, 1.82) is 0 Å². The van der Waals surface area contributed by atoms with Crippen LogP contribution in [0.25, 0.3) is 5.52 Å². The predicted octanol–water partition coefficient (Wildman–Crippen LogP) is 1.91. The number of Topliss-reactive ketones (excluding diaryl/α,β-unsaturated/α-hetero) is 1. The third-order valence-electron chi connectivity index (χ3n) is 1.85. The lowest BCUT2D eigenvalue weighted by molar-refractivity contribution is 0.102. The van der Waals surface area contributed by atoms with Gasteiger partial charge in [-0.1, -0.05) is 22.0 Å². The SMILES string of the molecule is O=C(CBr)c1cnn2ccccc12. The lowest BCUT2D eigenvalue weighted by Gasteiger charge is -1.93. The molecule has 3 nitrogen and oxygen atoms in total. The number of halogens is 1. The molecule has 0 saturated heterocycles. The van der Waals surface area contributed by atoms with Crippen molar-refractivity contribution in [2.45, 2.75) is 0 Å². The number of carbonyl (C=O) groups is 1. The van der Waals surface area contributed by atoms with Crippen molar-refractivity contribution in [1.82, 2.24) is 9.61 Å². The minimum atomic E-state index is 0.0567. The molecule has 0 unspecified atom stereocenters. The molecule has 0 radical (unpaired) electrons. The maximum Gasteiger partial charge on any atom is 0.177 e. The van der Waals surface area contributed by atoms with Crippen molar-refractivity contribution in [2.75, 3.05) is 5.33 Å². The van der Waals surface area contributed by atoms with Crippen molar-refractivity contribution in [3.63, 3.8) is 0 Å². The molecule has 4 heteroatoms. The first-order valence-electron chi connectivity index (χ1n) is 3.84. The highest BCUT2D eigenvalue weighted by molar-refractivity contribution is 9.09. The maximum atomic E-state index is 11.4. The van der Waals surface area contributed by atoms with Gasteiger partial charge in [0.2, 0.25) is 0 Å². The van der Waals surface area contributed by atoms with Crippen molar-refractivity contribution in [2.24, 2.45) is 0 Å². The van der Waals surface area contributed by atoms with Gasteiger partial charge in [0.1, 0.15) is 0 Å². The fourth-order valence-electron chi connectivity index (χ4n) is 1.22. The van der Waals surface area contributed by atoms with Gasteiger partial charge in [-0.2, -0.15) is 5.10 Å². The third kappa shape index (κ3) is 1.37. The van der Waals surface area contributed by atoms with Gasteiger partial charge in [0.05, 0.1) is 22.6 Å². The summed E-state index contributed by atoms with van der Waals surface area (Å²) in [6.45, 7) is 0. The van der Waals surface area contributed by atoms with Crippen LogP contribution >= 0.6 is 15.9 Å². The minimum absolute atomic E-state index is 0.0567. The van der Waals surface area contributed by atoms with E-state index in [1.807, 2.05) is 24.4 Å². The van der Waals surface area contributed by atoms with E-state index in [4.69, 9.17) is 0 Å². The van der Waals surface area contributed by atoms with Crippen LogP contribution < -0.4 is 0 Å². The zero-order chi connectivity index (χ0) is 9.26. The molecule has 0 aliphatic carbocycles. The number of fused-ring (bicyclic) bond motifs is 1. The molecule has 0 aliphatic heterocycles. The number of rotatable bonds is 2. The topological polar surface area (TPSA) is 34.4 Å². The Hall–Kier alpha value is -1.16. The van der Waals surface area contributed by atoms with Gasteiger partial charge in [0.15, 0.2) is 5.78 Å². The maximum absolute atomic E-state index is 11.4. The van der Waals surface area contributed by atoms with Crippen LogP contribution in [0.3, 0.4) is 0 Å². The van der Waals surface area contributed by atoms with Crippen molar-refractivity contribution < 1.29 is 4.79 Å². The average molecular weight is 239 g/mol. The average Bonchev–Trinajstić information content (AvgIpc) is 2.60. The zero-order valence-electron chi connectivity index (χ0n) is 6.77. The number of carbonyl (C=O) groups excluding carboxylic acids is 1. The van der Waals surface area contributed by atoms with E-state index < -0.39 is 0 Å². The number of hydrogen-bond donors (Lipinski definition) is 0. The summed E-state index contributed by atoms with van der Waals surface area (Å²) < 4.78 is 1.69. The molecule has 0 aliphatic rings. The highest BCUT2D eigenvalue weighted by atomic mass is 79.9. The molecule has 0 fully saturated rings. The summed E-state index contributed by atoms with van der Waals surface area (Å²) in [4.78, 5) is 11.4. The molecule has 2 aromatic heterocycles. The number of pyridine rings is 1. The molecular weight excluding hydrogens is 232 g/mol. The van der Waals surface area contributed by atoms with Crippen LogP contribution in [0.2, 0.25) is 0 Å². The van der Waals surface area contributed by atoms with E-state index in [0.717, 1.165) is 5.52 Å². The van der Waals surface area contributed by atoms with Gasteiger partial charge >= 0.3 is 0 Å². The quantitative estimate of drug-likeness (QED) is 0.592. The number of nitrogens with zero attached hydrogens (tertiary/aromatic N) is 2. The second-order valence-corrected chi connectivity index (χ2v) is 3.21. The first-order valence-corrected chi connectivity index (χ1v) is 4.96. The second kappa shape index (κ2) is 3.30. The van der Waals surface area contributed by atoms with Crippen LogP contribution in [0.1, 0.15) is 10.4 Å². The van der Waals surface area contributed by atoms with Gasteiger partial charge in [0.25, 0.3) is 0 Å². The Balaban J connectivity index is 2.64. The summed E-state index contributed by atoms with van der Waals surface area (Å²) in [5.74, 6) is 0.0567. The first-order chi connectivity index (χ1) is 6.33. The van der Waals surface area contributed by atoms with Crippen molar-refractivity contribution in [3.8, 4) is 0 Å². The largest absolute Gasteiger partial charge is 0.293 e. The summed E-state index contributed by atoms with van der Waals surface area (Å²) in [5.41, 5.74) is 1.52. The molecule has 2 aromatic rings. The van der Waals surface area contributed by atoms with Crippen molar-refractivity contribution >= 4 is 27.2 Å². The lowest BCUT2D eigenvalue weighted by atomic mass is 10.2. The molecule has 0 N–H and O–H groups in total. The molecule has 2 rings (SSSR count). The van der Waals surface area contributed by atoms with E-state index in [9.17, 15) is 4.79 Å². The van der Waals surface area contributed by atoms with E-state index >= 15 is 0 Å².